The number of benzene rings is 3. The minimum absolute atomic E-state index is 0.00855. The van der Waals surface area contributed by atoms with E-state index in [0.29, 0.717) is 23.2 Å². The van der Waals surface area contributed by atoms with Crippen LogP contribution in [0, 0.1) is 30.6 Å². The molecule has 1 aliphatic rings. The number of fused-ring (bicyclic) bond motifs is 1. The highest BCUT2D eigenvalue weighted by Crippen LogP contribution is 2.37. The van der Waals surface area contributed by atoms with E-state index in [1.165, 1.54) is 24.2 Å². The second-order valence-corrected chi connectivity index (χ2v) is 15.5. The molecule has 3 heterocycles. The number of aliphatic hydroxyl groups excluding tert-OH is 2. The molecule has 2 atom stereocenters. The highest BCUT2D eigenvalue weighted by molar-refractivity contribution is 6.31. The summed E-state index contributed by atoms with van der Waals surface area (Å²) in [6, 6.07) is 24.2. The second kappa shape index (κ2) is 19.8. The Balaban J connectivity index is 1.20. The van der Waals surface area contributed by atoms with Crippen molar-refractivity contribution in [3.63, 3.8) is 0 Å². The number of aliphatic hydroxyl groups is 2. The molecule has 0 spiro atoms. The van der Waals surface area contributed by atoms with Gasteiger partial charge in [0.1, 0.15) is 30.9 Å². The second-order valence-electron chi connectivity index (χ2n) is 15.1. The molecule has 5 N–H and O–H groups in total. The van der Waals surface area contributed by atoms with Gasteiger partial charge in [-0.2, -0.15) is 10.2 Å². The van der Waals surface area contributed by atoms with Gasteiger partial charge in [0.15, 0.2) is 0 Å². The number of nitriles is 1. The van der Waals surface area contributed by atoms with Gasteiger partial charge in [0.05, 0.1) is 24.2 Å². The molecule has 1 unspecified atom stereocenters. The van der Waals surface area contributed by atoms with Crippen LogP contribution >= 0.6 is 11.6 Å². The third kappa shape index (κ3) is 10.4. The number of rotatable bonds is 17. The lowest BCUT2D eigenvalue weighted by atomic mass is 9.85. The summed E-state index contributed by atoms with van der Waals surface area (Å²) in [4.78, 5) is 32.5. The fraction of sp³-hybridized carbons (Fsp3) is 0.326. The van der Waals surface area contributed by atoms with E-state index >= 15 is 0 Å². The molecule has 0 fully saturated rings. The molecule has 5 aromatic rings. The molecule has 0 saturated heterocycles. The van der Waals surface area contributed by atoms with Crippen LogP contribution in [-0.2, 0) is 42.1 Å². The SMILES string of the molecule is Cc1c(COc2nc(OCc3cncc(C#N)c3)c(CC[C@@](C)(CO)C(=O)O)cc2Cl)cccc1-c1cccc(-c2ccc3c(c2)CNC(COC(=O)NCCO)C3)c1C. The molecule has 0 bridgehead atoms. The Bertz CT molecular complexity index is 2400. The summed E-state index contributed by atoms with van der Waals surface area (Å²) in [6.07, 6.45) is 3.52. The lowest BCUT2D eigenvalue weighted by Gasteiger charge is -2.26. The third-order valence-corrected chi connectivity index (χ3v) is 11.2. The first kappa shape index (κ1) is 43.5. The zero-order valence-corrected chi connectivity index (χ0v) is 34.5. The number of aryl methyl sites for hydroxylation is 1. The molecule has 312 valence electrons. The van der Waals surface area contributed by atoms with Gasteiger partial charge in [0, 0.05) is 42.7 Å². The topological polar surface area (TPSA) is 196 Å². The maximum atomic E-state index is 11.9. The fourth-order valence-electron chi connectivity index (χ4n) is 7.11. The number of aliphatic carboxylic acids is 1. The number of hydrogen-bond donors (Lipinski definition) is 5. The maximum absolute atomic E-state index is 11.9. The van der Waals surface area contributed by atoms with Crippen LogP contribution < -0.4 is 20.1 Å². The number of carboxylic acid groups (broad SMARTS) is 1. The van der Waals surface area contributed by atoms with E-state index in [1.54, 1.807) is 18.3 Å². The number of nitrogens with zero attached hydrogens (tertiary/aromatic N) is 3. The molecular weight excluding hydrogens is 786 g/mol. The molecule has 14 heteroatoms. The van der Waals surface area contributed by atoms with Gasteiger partial charge in [0.25, 0.3) is 0 Å². The van der Waals surface area contributed by atoms with Crippen molar-refractivity contribution in [2.75, 3.05) is 26.4 Å². The first-order chi connectivity index (χ1) is 28.9. The maximum Gasteiger partial charge on any atom is 0.407 e. The van der Waals surface area contributed by atoms with Crippen molar-refractivity contribution >= 4 is 23.7 Å². The molecule has 1 amide bonds. The number of aromatic nitrogens is 2. The van der Waals surface area contributed by atoms with Gasteiger partial charge in [-0.1, -0.05) is 60.1 Å². The minimum atomic E-state index is -1.38. The number of halogens is 1. The normalized spacial score (nSPS) is 14.3. The number of hydrogen-bond acceptors (Lipinski definition) is 11. The van der Waals surface area contributed by atoms with Crippen LogP contribution in [0.4, 0.5) is 4.79 Å². The van der Waals surface area contributed by atoms with Gasteiger partial charge in [-0.15, -0.1) is 0 Å². The number of ether oxygens (including phenoxy) is 3. The monoisotopic (exact) mass is 833 g/mol. The lowest BCUT2D eigenvalue weighted by molar-refractivity contribution is -0.150. The van der Waals surface area contributed by atoms with Gasteiger partial charge < -0.3 is 40.2 Å². The number of pyridine rings is 2. The molecule has 3 aromatic carbocycles. The number of carbonyl (C=O) groups excluding carboxylic acids is 1. The number of alkyl carbamates (subject to hydrolysis) is 1. The van der Waals surface area contributed by atoms with Crippen molar-refractivity contribution in [3.8, 4) is 40.1 Å². The van der Waals surface area contributed by atoms with Gasteiger partial charge in [0.2, 0.25) is 11.8 Å². The summed E-state index contributed by atoms with van der Waals surface area (Å²) in [5.41, 5.74) is 9.99. The Morgan fingerprint density at radius 2 is 1.70 bits per heavy atom. The summed E-state index contributed by atoms with van der Waals surface area (Å²) in [6.45, 7) is 6.18. The molecule has 2 aromatic heterocycles. The summed E-state index contributed by atoms with van der Waals surface area (Å²) >= 11 is 6.74. The first-order valence-corrected chi connectivity index (χ1v) is 20.0. The van der Waals surface area contributed by atoms with E-state index in [4.69, 9.17) is 30.9 Å². The van der Waals surface area contributed by atoms with Crippen LogP contribution in [0.3, 0.4) is 0 Å². The smallest absolute Gasteiger partial charge is 0.407 e. The molecule has 60 heavy (non-hydrogen) atoms. The van der Waals surface area contributed by atoms with E-state index in [1.807, 2.05) is 12.1 Å². The molecular formula is C46H48ClN5O8. The van der Waals surface area contributed by atoms with Crippen LogP contribution in [0.2, 0.25) is 5.02 Å². The quantitative estimate of drug-likeness (QED) is 0.0654. The highest BCUT2D eigenvalue weighted by atomic mass is 35.5. The van der Waals surface area contributed by atoms with Crippen molar-refractivity contribution in [1.82, 2.24) is 20.6 Å². The standard InChI is InChI=1S/C46H48ClN5O8/c1-28-35(25-59-43-41(47)19-34(12-13-46(3,27-54)44(55)56)42(52-43)58-24-31-16-30(20-48)21-49-22-31)6-4-8-39(28)40-9-5-7-38(29(40)2)33-11-10-32-18-37(51-23-36(32)17-33)26-60-45(57)50-14-15-53/h4-11,16-17,19,21-22,37,51,53-54H,12-15,18,23-27H2,1-3H3,(H,50,57)(H,55,56)/t37?,46-/m0/s1. The average molecular weight is 834 g/mol. The van der Waals surface area contributed by atoms with Crippen LogP contribution in [0.1, 0.15) is 57.9 Å². The van der Waals surface area contributed by atoms with E-state index < -0.39 is 24.1 Å². The summed E-state index contributed by atoms with van der Waals surface area (Å²) in [5.74, 6) is -0.801. The number of carboxylic acids is 1. The van der Waals surface area contributed by atoms with Crippen molar-refractivity contribution in [2.24, 2.45) is 5.41 Å². The molecule has 6 rings (SSSR count). The Labute approximate surface area is 354 Å². The van der Waals surface area contributed by atoms with Crippen molar-refractivity contribution < 1.29 is 39.1 Å². The molecule has 0 radical (unpaired) electrons. The van der Waals surface area contributed by atoms with E-state index in [9.17, 15) is 25.1 Å². The zero-order chi connectivity index (χ0) is 42.8. The van der Waals surface area contributed by atoms with Gasteiger partial charge in [-0.3, -0.25) is 9.78 Å². The van der Waals surface area contributed by atoms with Crippen molar-refractivity contribution in [1.29, 1.82) is 5.26 Å². The summed E-state index contributed by atoms with van der Waals surface area (Å²) in [5, 5.41) is 44.0. The minimum Gasteiger partial charge on any atom is -0.481 e. The Hall–Kier alpha value is -6.04. The Kier molecular flexibility index (Phi) is 14.4. The summed E-state index contributed by atoms with van der Waals surface area (Å²) < 4.78 is 17.7. The van der Waals surface area contributed by atoms with Crippen LogP contribution in [0.25, 0.3) is 22.3 Å². The molecule has 0 aliphatic carbocycles. The Morgan fingerprint density at radius 1 is 0.950 bits per heavy atom. The highest BCUT2D eigenvalue weighted by Gasteiger charge is 2.33. The largest absolute Gasteiger partial charge is 0.481 e. The Morgan fingerprint density at radius 3 is 2.45 bits per heavy atom. The van der Waals surface area contributed by atoms with Gasteiger partial charge in [-0.25, -0.2) is 4.79 Å². The van der Waals surface area contributed by atoms with Crippen LogP contribution in [0.5, 0.6) is 11.8 Å². The first-order valence-electron chi connectivity index (χ1n) is 19.6. The lowest BCUT2D eigenvalue weighted by Crippen LogP contribution is -2.41. The zero-order valence-electron chi connectivity index (χ0n) is 33.8. The molecule has 1 aliphatic heterocycles. The third-order valence-electron chi connectivity index (χ3n) is 10.9. The average Bonchev–Trinajstić information content (AvgIpc) is 3.26. The number of carbonyl (C=O) groups is 2. The van der Waals surface area contributed by atoms with E-state index in [2.05, 4.69) is 83.0 Å². The fourth-order valence-corrected chi connectivity index (χ4v) is 7.34. The molecule has 0 saturated carbocycles. The van der Waals surface area contributed by atoms with Crippen LogP contribution in [-0.4, -0.2) is 69.8 Å². The van der Waals surface area contributed by atoms with Gasteiger partial charge in [-0.05, 0) is 108 Å². The van der Waals surface area contributed by atoms with Crippen LogP contribution in [0.15, 0.2) is 79.1 Å². The predicted molar refractivity (Wildman–Crippen MR) is 226 cm³/mol. The van der Waals surface area contributed by atoms with Crippen molar-refractivity contribution in [3.05, 3.63) is 129 Å². The summed E-state index contributed by atoms with van der Waals surface area (Å²) in [7, 11) is 0. The predicted octanol–water partition coefficient (Wildman–Crippen LogP) is 6.86. The van der Waals surface area contributed by atoms with E-state index in [-0.39, 0.29) is 68.6 Å². The number of amides is 1. The van der Waals surface area contributed by atoms with E-state index in [0.717, 1.165) is 45.4 Å². The molecule has 13 nitrogen and oxygen atoms in total. The van der Waals surface area contributed by atoms with Gasteiger partial charge >= 0.3 is 12.1 Å². The van der Waals surface area contributed by atoms with Crippen molar-refractivity contribution in [2.45, 2.75) is 65.8 Å². The number of nitrogens with one attached hydrogen (secondary N) is 2.